The first-order valence-electron chi connectivity index (χ1n) is 22.9. The fourth-order valence-corrected chi connectivity index (χ4v) is 5.56. The largest absolute Gasteiger partial charge is 0.457 e. The summed E-state index contributed by atoms with van der Waals surface area (Å²) in [6.45, 7) is -19.3. The van der Waals surface area contributed by atoms with Crippen LogP contribution in [0.2, 0.25) is 0 Å². The topological polar surface area (TPSA) is 145 Å². The molecule has 0 amide bonds. The minimum Gasteiger partial charge on any atom is -0.457 e. The number of halogens is 36. The maximum Gasteiger partial charge on any atom is 0.425 e. The summed E-state index contributed by atoms with van der Waals surface area (Å²) >= 11 is 0. The molecule has 0 aromatic carbocycles. The van der Waals surface area contributed by atoms with Crippen molar-refractivity contribution in [2.24, 2.45) is 0 Å². The van der Waals surface area contributed by atoms with E-state index in [1.54, 1.807) is 0 Å². The van der Waals surface area contributed by atoms with E-state index in [1.165, 1.54) is 0 Å². The van der Waals surface area contributed by atoms with Crippen LogP contribution in [0.5, 0.6) is 0 Å². The zero-order valence-corrected chi connectivity index (χ0v) is 44.2. The van der Waals surface area contributed by atoms with Crippen molar-refractivity contribution in [3.8, 4) is 0 Å². The van der Waals surface area contributed by atoms with E-state index in [9.17, 15) is 150 Å². The van der Waals surface area contributed by atoms with Gasteiger partial charge in [0.15, 0.2) is 13.2 Å². The Morgan fingerprint density at radius 3 is 0.711 bits per heavy atom. The Hall–Kier alpha value is -3.98. The van der Waals surface area contributed by atoms with Crippen LogP contribution >= 0.6 is 0 Å². The average molecular weight is 1440 g/mol. The van der Waals surface area contributed by atoms with Crippen molar-refractivity contribution in [1.82, 2.24) is 0 Å². The molecule has 0 aromatic rings. The summed E-state index contributed by atoms with van der Waals surface area (Å²) in [6.07, 6.45) is -81.9. The van der Waals surface area contributed by atoms with Crippen LogP contribution in [-0.2, 0) is 66.4 Å². The van der Waals surface area contributed by atoms with Crippen LogP contribution in [0.1, 0.15) is 51.4 Å². The highest BCUT2D eigenvalue weighted by Crippen LogP contribution is 2.41. The molecular weight excluding hydrogens is 1390 g/mol. The molecule has 0 saturated carbocycles. The van der Waals surface area contributed by atoms with E-state index in [0.29, 0.717) is 0 Å². The van der Waals surface area contributed by atoms with Crippen LogP contribution in [-0.4, -0.2) is 202 Å². The molecule has 2 atom stereocenters. The molecule has 50 heteroatoms. The summed E-state index contributed by atoms with van der Waals surface area (Å²) < 4.78 is 472. The molecule has 0 aliphatic rings. The molecule has 14 nitrogen and oxygen atoms in total. The van der Waals surface area contributed by atoms with Crippen molar-refractivity contribution in [3.05, 3.63) is 0 Å². The molecular formula is C40H50F36O14. The number of ether oxygens (including phenoxy) is 12. The highest BCUT2D eigenvalue weighted by Gasteiger charge is 2.58. The van der Waals surface area contributed by atoms with Crippen LogP contribution in [0.25, 0.3) is 0 Å². The van der Waals surface area contributed by atoms with Crippen molar-refractivity contribution < 1.29 is 226 Å². The van der Waals surface area contributed by atoms with Crippen molar-refractivity contribution in [2.45, 2.75) is 149 Å². The lowest BCUT2D eigenvalue weighted by molar-refractivity contribution is -0.345. The fraction of sp³-hybridized carbons (Fsp3) is 0.950. The molecule has 0 aliphatic carbocycles. The zero-order chi connectivity index (χ0) is 67.4. The third kappa shape index (κ3) is 47.0. The third-order valence-electron chi connectivity index (χ3n) is 8.74. The van der Waals surface area contributed by atoms with E-state index in [1.807, 2.05) is 0 Å². The second-order valence-corrected chi connectivity index (χ2v) is 17.3. The van der Waals surface area contributed by atoms with E-state index < -0.39 is 227 Å². The predicted molar refractivity (Wildman–Crippen MR) is 219 cm³/mol. The molecule has 0 aliphatic heterocycles. The Balaban J connectivity index is -0.00000602. The van der Waals surface area contributed by atoms with Gasteiger partial charge in [-0.05, 0) is 12.8 Å². The quantitative estimate of drug-likeness (QED) is 0.0324. The number of unbranched alkanes of at least 4 members (excludes halogenated alkanes) is 1. The standard InChI is InChI=1S/C40H46F32O14.4FH/c41-27(42,19-77-7-11-83-35(59,60)15-29(45,46)21-79-25(73)23(39(67,68)69)85-37(63,64)17-31(49,50)51)13-33(55,56)81-9-5-75-3-1-2-4-76-6-10-82-34(57,58)14-28(43,44)20-78-8-12-84-36(61,62)16-30(47,48)22-80-26(74)24(40(70,71)72)86-38(65,66)18-32(52,53)54;;;;/h23-24H,1-22H2;4*1H. The Morgan fingerprint density at radius 1 is 0.267 bits per heavy atom. The van der Waals surface area contributed by atoms with E-state index >= 15 is 0 Å². The van der Waals surface area contributed by atoms with Gasteiger partial charge in [-0.2, -0.15) is 105 Å². The lowest BCUT2D eigenvalue weighted by atomic mass is 10.2. The first kappa shape index (κ1) is 94.7. The number of carbonyl (C=O) groups excluding carboxylic acids is 2. The molecule has 0 fully saturated rings. The highest BCUT2D eigenvalue weighted by molar-refractivity contribution is 5.76. The van der Waals surface area contributed by atoms with Gasteiger partial charge in [0.25, 0.3) is 35.9 Å². The fourth-order valence-electron chi connectivity index (χ4n) is 5.56. The van der Waals surface area contributed by atoms with Crippen LogP contribution in [0.15, 0.2) is 0 Å². The number of hydrogen-bond donors (Lipinski definition) is 0. The Kier molecular flexibility index (Phi) is 39.8. The maximum absolute atomic E-state index is 14.0. The van der Waals surface area contributed by atoms with Crippen molar-refractivity contribution in [1.29, 1.82) is 0 Å². The molecule has 2 unspecified atom stereocenters. The molecule has 0 aromatic heterocycles. The summed E-state index contributed by atoms with van der Waals surface area (Å²) in [5.74, 6) is -25.6. The van der Waals surface area contributed by atoms with E-state index in [4.69, 9.17) is 9.47 Å². The molecule has 0 spiro atoms. The molecule has 0 bridgehead atoms. The minimum atomic E-state index is -6.31. The summed E-state index contributed by atoms with van der Waals surface area (Å²) in [7, 11) is 0. The number of alkyl halides is 32. The van der Waals surface area contributed by atoms with Gasteiger partial charge in [-0.15, -0.1) is 0 Å². The lowest BCUT2D eigenvalue weighted by Crippen LogP contribution is -2.47. The summed E-state index contributed by atoms with van der Waals surface area (Å²) in [4.78, 5) is 23.0. The predicted octanol–water partition coefficient (Wildman–Crippen LogP) is 13.1. The van der Waals surface area contributed by atoms with Gasteiger partial charge in [0.2, 0.25) is 0 Å². The van der Waals surface area contributed by atoms with Crippen LogP contribution < -0.4 is 0 Å². The Bertz CT molecular complexity index is 1840. The van der Waals surface area contributed by atoms with Crippen LogP contribution in [0, 0.1) is 0 Å². The van der Waals surface area contributed by atoms with Gasteiger partial charge in [-0.25, -0.2) is 44.7 Å². The smallest absolute Gasteiger partial charge is 0.425 e. The Labute approximate surface area is 479 Å². The number of hydrogen-bond acceptors (Lipinski definition) is 14. The molecule has 90 heavy (non-hydrogen) atoms. The normalized spacial score (nSPS) is 14.6. The lowest BCUT2D eigenvalue weighted by Gasteiger charge is -2.27. The maximum atomic E-state index is 14.0. The van der Waals surface area contributed by atoms with Crippen molar-refractivity contribution in [2.75, 3.05) is 92.5 Å². The summed E-state index contributed by atoms with van der Waals surface area (Å²) in [5, 5.41) is 0. The van der Waals surface area contributed by atoms with Crippen molar-refractivity contribution >= 4 is 11.9 Å². The van der Waals surface area contributed by atoms with Gasteiger partial charge in [0.1, 0.15) is 51.7 Å². The van der Waals surface area contributed by atoms with Gasteiger partial charge in [0, 0.05) is 13.2 Å². The van der Waals surface area contributed by atoms with Gasteiger partial charge >= 0.3 is 73.3 Å². The number of rotatable bonds is 45. The molecule has 0 N–H and O–H groups in total. The average Bonchev–Trinajstić information content (AvgIpc) is 1.83. The zero-order valence-electron chi connectivity index (χ0n) is 44.2. The second kappa shape index (κ2) is 37.8. The molecule has 546 valence electrons. The van der Waals surface area contributed by atoms with Gasteiger partial charge < -0.3 is 47.4 Å². The second-order valence-electron chi connectivity index (χ2n) is 17.3. The van der Waals surface area contributed by atoms with E-state index in [0.717, 1.165) is 0 Å². The van der Waals surface area contributed by atoms with Gasteiger partial charge in [-0.1, -0.05) is 0 Å². The molecule has 0 saturated heterocycles. The molecule has 0 radical (unpaired) electrons. The highest BCUT2D eigenvalue weighted by atomic mass is 19.4. The first-order valence-corrected chi connectivity index (χ1v) is 22.9. The van der Waals surface area contributed by atoms with Gasteiger partial charge in [0.05, 0.1) is 52.9 Å². The summed E-state index contributed by atoms with van der Waals surface area (Å²) in [5.41, 5.74) is 0. The molecule has 0 heterocycles. The monoisotopic (exact) mass is 1440 g/mol. The van der Waals surface area contributed by atoms with E-state index in [-0.39, 0.29) is 44.9 Å². The first-order chi connectivity index (χ1) is 38.3. The molecule has 0 rings (SSSR count). The summed E-state index contributed by atoms with van der Waals surface area (Å²) in [6, 6.07) is 0. The van der Waals surface area contributed by atoms with E-state index in [2.05, 4.69) is 47.4 Å². The van der Waals surface area contributed by atoms with Crippen LogP contribution in [0.3, 0.4) is 0 Å². The number of carbonyl (C=O) groups is 2. The SMILES string of the molecule is F.F.F.F.O=C(OCC(F)(F)CC(F)(F)OCCOCC(F)(F)CC(F)(F)OCCOCCCCOCCOC(F)(F)CC(F)(F)COCCOC(F)(F)CC(F)(F)COC(=O)C(OC(F)(F)CC(F)(F)F)C(F)(F)F)C(OC(F)(F)CC(F)(F)F)C(F)(F)F. The number of esters is 2. The van der Waals surface area contributed by atoms with Crippen molar-refractivity contribution in [3.63, 3.8) is 0 Å². The Morgan fingerprint density at radius 2 is 0.489 bits per heavy atom. The third-order valence-corrected chi connectivity index (χ3v) is 8.74. The van der Waals surface area contributed by atoms with Gasteiger partial charge in [-0.3, -0.25) is 28.3 Å². The minimum absolute atomic E-state index is 0. The van der Waals surface area contributed by atoms with Crippen LogP contribution in [0.4, 0.5) is 159 Å².